The lowest BCUT2D eigenvalue weighted by atomic mass is 10.2. The van der Waals surface area contributed by atoms with Crippen LogP contribution >= 0.6 is 0 Å². The SMILES string of the molecule is CCCC(N1CCOCC1)n1c2cc(=O)ccc2c2cc[nH]c(C)c21. The monoisotopic (exact) mass is 339 g/mol. The molecule has 1 unspecified atom stereocenters. The van der Waals surface area contributed by atoms with Gasteiger partial charge >= 0.3 is 0 Å². The Balaban J connectivity index is 2.02. The van der Waals surface area contributed by atoms with Gasteiger partial charge in [0.1, 0.15) is 0 Å². The molecule has 1 aromatic carbocycles. The Kier molecular flexibility index (Phi) is 4.36. The number of nitrogens with one attached hydrogen (secondary N) is 1. The molecule has 0 amide bonds. The number of ether oxygens (including phenoxy) is 1. The average Bonchev–Trinajstić information content (AvgIpc) is 2.95. The summed E-state index contributed by atoms with van der Waals surface area (Å²) in [6.07, 6.45) is 4.37. The Morgan fingerprint density at radius 2 is 2.00 bits per heavy atom. The molecule has 1 aliphatic heterocycles. The molecule has 0 radical (unpaired) electrons. The highest BCUT2D eigenvalue weighted by Gasteiger charge is 2.26. The van der Waals surface area contributed by atoms with Crippen molar-refractivity contribution in [3.05, 3.63) is 46.4 Å². The Morgan fingerprint density at radius 1 is 1.20 bits per heavy atom. The summed E-state index contributed by atoms with van der Waals surface area (Å²) in [7, 11) is 0. The first-order chi connectivity index (χ1) is 12.2. The summed E-state index contributed by atoms with van der Waals surface area (Å²) in [5.41, 5.74) is 3.44. The maximum absolute atomic E-state index is 12.1. The van der Waals surface area contributed by atoms with Gasteiger partial charge in [0.05, 0.1) is 30.4 Å². The minimum absolute atomic E-state index is 0.0652. The number of morpholine rings is 1. The van der Waals surface area contributed by atoms with Gasteiger partial charge in [0.25, 0.3) is 0 Å². The van der Waals surface area contributed by atoms with Gasteiger partial charge in [-0.2, -0.15) is 0 Å². The Labute approximate surface area is 147 Å². The van der Waals surface area contributed by atoms with Crippen LogP contribution in [0, 0.1) is 6.92 Å². The van der Waals surface area contributed by atoms with Crippen molar-refractivity contribution >= 4 is 21.8 Å². The van der Waals surface area contributed by atoms with E-state index in [0.29, 0.717) is 0 Å². The fraction of sp³-hybridized carbons (Fsp3) is 0.450. The van der Waals surface area contributed by atoms with Gasteiger partial charge in [-0.3, -0.25) is 9.69 Å². The second kappa shape index (κ2) is 6.65. The van der Waals surface area contributed by atoms with Crippen LogP contribution in [0.15, 0.2) is 35.3 Å². The van der Waals surface area contributed by atoms with Crippen LogP contribution in [0.3, 0.4) is 0 Å². The van der Waals surface area contributed by atoms with Crippen molar-refractivity contribution in [2.75, 3.05) is 26.3 Å². The van der Waals surface area contributed by atoms with Gasteiger partial charge in [0, 0.05) is 41.8 Å². The zero-order valence-corrected chi connectivity index (χ0v) is 14.9. The molecule has 5 nitrogen and oxygen atoms in total. The third-order valence-electron chi connectivity index (χ3n) is 5.23. The fourth-order valence-electron chi connectivity index (χ4n) is 4.10. The Morgan fingerprint density at radius 3 is 2.76 bits per heavy atom. The van der Waals surface area contributed by atoms with E-state index in [4.69, 9.17) is 4.74 Å². The molecule has 3 aromatic rings. The molecule has 0 aliphatic carbocycles. The second-order valence-corrected chi connectivity index (χ2v) is 6.83. The van der Waals surface area contributed by atoms with Crippen molar-refractivity contribution < 1.29 is 4.74 Å². The molecule has 0 saturated carbocycles. The molecule has 1 fully saturated rings. The standard InChI is InChI=1S/C20H25N3O2/c1-3-4-19(22-9-11-25-12-10-22)23-18-13-15(24)5-6-16(18)17-7-8-21-14(2)20(17)23/h5-8,13,19,21H,3-4,9-12H2,1-2H3. The van der Waals surface area contributed by atoms with Gasteiger partial charge in [0.2, 0.25) is 0 Å². The molecule has 5 heteroatoms. The summed E-state index contributed by atoms with van der Waals surface area (Å²) in [6, 6.07) is 7.55. The molecule has 1 atom stereocenters. The number of rotatable bonds is 4. The molecule has 1 N–H and O–H groups in total. The third kappa shape index (κ3) is 2.77. The van der Waals surface area contributed by atoms with Crippen molar-refractivity contribution in [3.63, 3.8) is 0 Å². The zero-order chi connectivity index (χ0) is 17.4. The van der Waals surface area contributed by atoms with E-state index in [-0.39, 0.29) is 11.6 Å². The van der Waals surface area contributed by atoms with Crippen molar-refractivity contribution in [1.29, 1.82) is 0 Å². The minimum Gasteiger partial charge on any atom is -0.379 e. The topological polar surface area (TPSA) is 50.3 Å². The smallest absolute Gasteiger partial charge is 0.180 e. The Hall–Kier alpha value is -2.11. The molecular weight excluding hydrogens is 314 g/mol. The highest BCUT2D eigenvalue weighted by atomic mass is 16.5. The maximum atomic E-state index is 12.1. The van der Waals surface area contributed by atoms with Crippen molar-refractivity contribution in [3.8, 4) is 0 Å². The molecule has 1 aliphatic rings. The highest BCUT2D eigenvalue weighted by Crippen LogP contribution is 2.35. The summed E-state index contributed by atoms with van der Waals surface area (Å²) >= 11 is 0. The van der Waals surface area contributed by atoms with E-state index in [1.165, 1.54) is 10.9 Å². The normalized spacial score (nSPS) is 17.4. The van der Waals surface area contributed by atoms with Crippen molar-refractivity contribution in [1.82, 2.24) is 14.5 Å². The molecular formula is C20H25N3O2. The number of aryl methyl sites for hydroxylation is 1. The van der Waals surface area contributed by atoms with Gasteiger partial charge in [-0.1, -0.05) is 13.3 Å². The van der Waals surface area contributed by atoms with Gasteiger partial charge in [-0.25, -0.2) is 0 Å². The Bertz CT molecular complexity index is 951. The van der Waals surface area contributed by atoms with Crippen LogP contribution in [0.25, 0.3) is 21.8 Å². The molecule has 1 saturated heterocycles. The number of aromatic amines is 1. The first kappa shape index (κ1) is 16.4. The summed E-state index contributed by atoms with van der Waals surface area (Å²) < 4.78 is 7.94. The lowest BCUT2D eigenvalue weighted by Crippen LogP contribution is -2.41. The number of hydrogen-bond donors (Lipinski definition) is 1. The third-order valence-corrected chi connectivity index (χ3v) is 5.23. The number of nitrogens with zero attached hydrogens (tertiary/aromatic N) is 2. The molecule has 0 bridgehead atoms. The van der Waals surface area contributed by atoms with Crippen molar-refractivity contribution in [2.45, 2.75) is 32.9 Å². The molecule has 2 aromatic heterocycles. The molecule has 132 valence electrons. The van der Waals surface area contributed by atoms with E-state index in [0.717, 1.165) is 55.7 Å². The lowest BCUT2D eigenvalue weighted by molar-refractivity contribution is -0.00197. The van der Waals surface area contributed by atoms with Crippen LogP contribution in [-0.2, 0) is 4.74 Å². The average molecular weight is 339 g/mol. The molecule has 25 heavy (non-hydrogen) atoms. The predicted molar refractivity (Wildman–Crippen MR) is 101 cm³/mol. The van der Waals surface area contributed by atoms with Crippen LogP contribution in [-0.4, -0.2) is 40.8 Å². The second-order valence-electron chi connectivity index (χ2n) is 6.83. The quantitative estimate of drug-likeness (QED) is 0.792. The summed E-state index contributed by atoms with van der Waals surface area (Å²) in [5, 5.41) is 2.36. The highest BCUT2D eigenvalue weighted by molar-refractivity contribution is 6.08. The number of hydrogen-bond acceptors (Lipinski definition) is 3. The lowest BCUT2D eigenvalue weighted by Gasteiger charge is -2.36. The van der Waals surface area contributed by atoms with E-state index in [1.54, 1.807) is 12.1 Å². The number of H-pyrrole nitrogens is 1. The summed E-state index contributed by atoms with van der Waals surface area (Å²) in [4.78, 5) is 17.9. The molecule has 4 rings (SSSR count). The predicted octanol–water partition coefficient (Wildman–Crippen LogP) is 3.42. The zero-order valence-electron chi connectivity index (χ0n) is 14.9. The molecule has 0 spiro atoms. The van der Waals surface area contributed by atoms with Gasteiger partial charge in [-0.15, -0.1) is 0 Å². The number of aromatic nitrogens is 2. The van der Waals surface area contributed by atoms with Gasteiger partial charge in [0.15, 0.2) is 5.43 Å². The van der Waals surface area contributed by atoms with Crippen LogP contribution in [0.4, 0.5) is 0 Å². The molecule has 3 heterocycles. The van der Waals surface area contributed by atoms with Crippen LogP contribution in [0.5, 0.6) is 0 Å². The van der Waals surface area contributed by atoms with E-state index in [9.17, 15) is 4.79 Å². The largest absolute Gasteiger partial charge is 0.379 e. The number of benzene rings is 1. The van der Waals surface area contributed by atoms with E-state index in [2.05, 4.69) is 34.4 Å². The van der Waals surface area contributed by atoms with E-state index >= 15 is 0 Å². The van der Waals surface area contributed by atoms with Gasteiger partial charge in [-0.05, 0) is 31.5 Å². The van der Waals surface area contributed by atoms with Crippen LogP contribution in [0.1, 0.15) is 31.6 Å². The van der Waals surface area contributed by atoms with E-state index in [1.807, 2.05) is 12.3 Å². The van der Waals surface area contributed by atoms with Crippen LogP contribution in [0.2, 0.25) is 0 Å². The van der Waals surface area contributed by atoms with Crippen molar-refractivity contribution in [2.24, 2.45) is 0 Å². The maximum Gasteiger partial charge on any atom is 0.180 e. The summed E-state index contributed by atoms with van der Waals surface area (Å²) in [6.45, 7) is 7.74. The number of pyridine rings is 1. The fourth-order valence-corrected chi connectivity index (χ4v) is 4.10. The minimum atomic E-state index is 0.0652. The first-order valence-corrected chi connectivity index (χ1v) is 9.14. The van der Waals surface area contributed by atoms with Gasteiger partial charge < -0.3 is 14.3 Å². The van der Waals surface area contributed by atoms with E-state index < -0.39 is 0 Å². The van der Waals surface area contributed by atoms with Crippen LogP contribution < -0.4 is 5.43 Å². The first-order valence-electron chi connectivity index (χ1n) is 9.14. The summed E-state index contributed by atoms with van der Waals surface area (Å²) in [5.74, 6) is 0. The number of fused-ring (bicyclic) bond motifs is 3.